The second-order valence-electron chi connectivity index (χ2n) is 5.77. The molecule has 4 heteroatoms. The lowest BCUT2D eigenvalue weighted by molar-refractivity contribution is -0.137. The molecule has 19 heavy (non-hydrogen) atoms. The number of rotatable bonds is 10. The number of aliphatic carboxylic acids is 1. The molecule has 0 saturated carbocycles. The first-order chi connectivity index (χ1) is 9.12. The Morgan fingerprint density at radius 1 is 1.00 bits per heavy atom. The largest absolute Gasteiger partial charge is 0.481 e. The second kappa shape index (κ2) is 9.29. The van der Waals surface area contributed by atoms with Gasteiger partial charge in [0, 0.05) is 6.42 Å². The van der Waals surface area contributed by atoms with Crippen molar-refractivity contribution in [3.05, 3.63) is 0 Å². The smallest absolute Gasteiger partial charge is 0.303 e. The highest BCUT2D eigenvalue weighted by atomic mass is 19.1. The highest BCUT2D eigenvalue weighted by molar-refractivity contribution is 5.66. The third-order valence-corrected chi connectivity index (χ3v) is 4.02. The molecule has 0 aromatic carbocycles. The third-order valence-electron chi connectivity index (χ3n) is 4.02. The summed E-state index contributed by atoms with van der Waals surface area (Å²) in [5.41, 5.74) is -0.910. The first-order valence-corrected chi connectivity index (χ1v) is 7.74. The van der Waals surface area contributed by atoms with Crippen molar-refractivity contribution in [2.24, 2.45) is 0 Å². The normalized spacial score (nSPS) is 18.4. The fourth-order valence-electron chi connectivity index (χ4n) is 2.73. The molecule has 1 aliphatic rings. The Balaban J connectivity index is 1.87. The van der Waals surface area contributed by atoms with Gasteiger partial charge in [-0.05, 0) is 38.8 Å². The summed E-state index contributed by atoms with van der Waals surface area (Å²) in [7, 11) is 0. The van der Waals surface area contributed by atoms with E-state index in [0.29, 0.717) is 25.7 Å². The predicted molar refractivity (Wildman–Crippen MR) is 75.1 cm³/mol. The van der Waals surface area contributed by atoms with Gasteiger partial charge in [-0.2, -0.15) is 0 Å². The molecule has 1 rings (SSSR count). The predicted octanol–water partition coefficient (Wildman–Crippen LogP) is 3.67. The van der Waals surface area contributed by atoms with E-state index in [1.165, 1.54) is 0 Å². The van der Waals surface area contributed by atoms with Crippen LogP contribution < -0.4 is 5.32 Å². The molecule has 0 spiro atoms. The molecular weight excluding hydrogens is 245 g/mol. The molecule has 0 aromatic rings. The highest BCUT2D eigenvalue weighted by Gasteiger charge is 2.30. The van der Waals surface area contributed by atoms with Crippen molar-refractivity contribution in [2.75, 3.05) is 13.1 Å². The van der Waals surface area contributed by atoms with E-state index < -0.39 is 11.6 Å². The van der Waals surface area contributed by atoms with Gasteiger partial charge in [0.2, 0.25) is 0 Å². The van der Waals surface area contributed by atoms with Crippen LogP contribution in [0.15, 0.2) is 0 Å². The molecular formula is C15H28FNO2. The number of carboxylic acids is 1. The van der Waals surface area contributed by atoms with Gasteiger partial charge in [0.25, 0.3) is 0 Å². The van der Waals surface area contributed by atoms with Crippen LogP contribution in [0, 0.1) is 0 Å². The van der Waals surface area contributed by atoms with Crippen molar-refractivity contribution in [1.29, 1.82) is 0 Å². The molecule has 1 heterocycles. The van der Waals surface area contributed by atoms with E-state index in [-0.39, 0.29) is 0 Å². The van der Waals surface area contributed by atoms with Gasteiger partial charge < -0.3 is 10.4 Å². The standard InChI is InChI=1S/C15H28FNO2/c16-15(10-12-17-13-11-15)9-7-5-3-1-2-4-6-8-14(18)19/h17H,1-13H2,(H,18,19). The summed E-state index contributed by atoms with van der Waals surface area (Å²) < 4.78 is 14.2. The number of halogens is 1. The van der Waals surface area contributed by atoms with E-state index >= 15 is 0 Å². The summed E-state index contributed by atoms with van der Waals surface area (Å²) in [4.78, 5) is 10.3. The molecule has 0 aromatic heterocycles. The number of unbranched alkanes of at least 4 members (excludes halogenated alkanes) is 6. The van der Waals surface area contributed by atoms with Crippen molar-refractivity contribution in [3.63, 3.8) is 0 Å². The zero-order chi connectivity index (χ0) is 14.0. The SMILES string of the molecule is O=C(O)CCCCCCCCCC1(F)CCNCC1. The van der Waals surface area contributed by atoms with Gasteiger partial charge in [0.05, 0.1) is 0 Å². The topological polar surface area (TPSA) is 49.3 Å². The zero-order valence-electron chi connectivity index (χ0n) is 11.9. The van der Waals surface area contributed by atoms with Crippen molar-refractivity contribution in [1.82, 2.24) is 5.32 Å². The van der Waals surface area contributed by atoms with E-state index in [9.17, 15) is 9.18 Å². The summed E-state index contributed by atoms with van der Waals surface area (Å²) in [5, 5.41) is 11.7. The lowest BCUT2D eigenvalue weighted by Gasteiger charge is -2.30. The van der Waals surface area contributed by atoms with E-state index in [4.69, 9.17) is 5.11 Å². The van der Waals surface area contributed by atoms with Crippen molar-refractivity contribution in [3.8, 4) is 0 Å². The van der Waals surface area contributed by atoms with Crippen LogP contribution in [0.25, 0.3) is 0 Å². The molecule has 0 aliphatic carbocycles. The number of carboxylic acid groups (broad SMARTS) is 1. The number of nitrogens with one attached hydrogen (secondary N) is 1. The fourth-order valence-corrected chi connectivity index (χ4v) is 2.73. The molecule has 1 aliphatic heterocycles. The molecule has 0 radical (unpaired) electrons. The fraction of sp³-hybridized carbons (Fsp3) is 0.933. The van der Waals surface area contributed by atoms with Crippen LogP contribution in [0.3, 0.4) is 0 Å². The van der Waals surface area contributed by atoms with Gasteiger partial charge in [-0.1, -0.05) is 38.5 Å². The quantitative estimate of drug-likeness (QED) is 0.597. The van der Waals surface area contributed by atoms with Crippen molar-refractivity contribution >= 4 is 5.97 Å². The van der Waals surface area contributed by atoms with Crippen LogP contribution >= 0.6 is 0 Å². The average Bonchev–Trinajstić information content (AvgIpc) is 2.37. The number of alkyl halides is 1. The molecule has 0 bridgehead atoms. The number of carbonyl (C=O) groups is 1. The van der Waals surface area contributed by atoms with E-state index in [1.807, 2.05) is 0 Å². The maximum Gasteiger partial charge on any atom is 0.303 e. The molecule has 2 N–H and O–H groups in total. The summed E-state index contributed by atoms with van der Waals surface area (Å²) in [5.74, 6) is -0.699. The third kappa shape index (κ3) is 8.19. The first kappa shape index (κ1) is 16.4. The maximum atomic E-state index is 14.2. The Hall–Kier alpha value is -0.640. The van der Waals surface area contributed by atoms with Crippen molar-refractivity contribution < 1.29 is 14.3 Å². The average molecular weight is 273 g/mol. The van der Waals surface area contributed by atoms with Crippen LogP contribution in [0.2, 0.25) is 0 Å². The summed E-state index contributed by atoms with van der Waals surface area (Å²) in [6.45, 7) is 1.64. The zero-order valence-corrected chi connectivity index (χ0v) is 11.9. The summed E-state index contributed by atoms with van der Waals surface area (Å²) in [6, 6.07) is 0. The van der Waals surface area contributed by atoms with E-state index in [0.717, 1.165) is 58.0 Å². The van der Waals surface area contributed by atoms with Crippen LogP contribution in [0.4, 0.5) is 4.39 Å². The van der Waals surface area contributed by atoms with E-state index in [1.54, 1.807) is 0 Å². The number of piperidine rings is 1. The van der Waals surface area contributed by atoms with Crippen LogP contribution in [0.1, 0.15) is 70.6 Å². The van der Waals surface area contributed by atoms with Crippen LogP contribution in [-0.4, -0.2) is 29.8 Å². The molecule has 112 valence electrons. The van der Waals surface area contributed by atoms with Gasteiger partial charge in [0.1, 0.15) is 5.67 Å². The molecule has 0 atom stereocenters. The Bertz CT molecular complexity index is 253. The lowest BCUT2D eigenvalue weighted by Crippen LogP contribution is -2.38. The maximum absolute atomic E-state index is 14.2. The number of hydrogen-bond acceptors (Lipinski definition) is 2. The molecule has 0 amide bonds. The molecule has 1 saturated heterocycles. The van der Waals surface area contributed by atoms with E-state index in [2.05, 4.69) is 5.32 Å². The minimum atomic E-state index is -0.910. The Morgan fingerprint density at radius 2 is 1.53 bits per heavy atom. The monoisotopic (exact) mass is 273 g/mol. The Morgan fingerprint density at radius 3 is 2.11 bits per heavy atom. The highest BCUT2D eigenvalue weighted by Crippen LogP contribution is 2.29. The van der Waals surface area contributed by atoms with Crippen LogP contribution in [0.5, 0.6) is 0 Å². The second-order valence-corrected chi connectivity index (χ2v) is 5.77. The van der Waals surface area contributed by atoms with Gasteiger partial charge in [-0.3, -0.25) is 4.79 Å². The lowest BCUT2D eigenvalue weighted by atomic mass is 9.88. The Labute approximate surface area is 116 Å². The summed E-state index contributed by atoms with van der Waals surface area (Å²) in [6.07, 6.45) is 9.65. The van der Waals surface area contributed by atoms with Gasteiger partial charge in [-0.25, -0.2) is 4.39 Å². The minimum Gasteiger partial charge on any atom is -0.481 e. The molecule has 0 unspecified atom stereocenters. The van der Waals surface area contributed by atoms with Gasteiger partial charge in [-0.15, -0.1) is 0 Å². The summed E-state index contributed by atoms with van der Waals surface area (Å²) >= 11 is 0. The van der Waals surface area contributed by atoms with Gasteiger partial charge >= 0.3 is 5.97 Å². The van der Waals surface area contributed by atoms with Crippen LogP contribution in [-0.2, 0) is 4.79 Å². The molecule has 3 nitrogen and oxygen atoms in total. The number of hydrogen-bond donors (Lipinski definition) is 2. The minimum absolute atomic E-state index is 0.290. The Kier molecular flexibility index (Phi) is 8.03. The molecule has 1 fully saturated rings. The van der Waals surface area contributed by atoms with Crippen molar-refractivity contribution in [2.45, 2.75) is 76.3 Å². The van der Waals surface area contributed by atoms with Gasteiger partial charge in [0.15, 0.2) is 0 Å². The first-order valence-electron chi connectivity index (χ1n) is 7.74.